The van der Waals surface area contributed by atoms with Gasteiger partial charge in [0.1, 0.15) is 0 Å². The molecular weight excluding hydrogens is 146 g/mol. The van der Waals surface area contributed by atoms with Gasteiger partial charge in [-0.1, -0.05) is 36.1 Å². The Morgan fingerprint density at radius 3 is 1.25 bits per heavy atom. The van der Waals surface area contributed by atoms with Crippen LogP contribution in [0.4, 0.5) is 0 Å². The zero-order valence-electron chi connectivity index (χ0n) is 7.15. The highest BCUT2D eigenvalue weighted by molar-refractivity contribution is 4.71. The number of nitrogens with zero attached hydrogens (tertiary/aromatic N) is 1. The van der Waals surface area contributed by atoms with Gasteiger partial charge in [-0.05, 0) is 33.4 Å². The van der Waals surface area contributed by atoms with Gasteiger partial charge in [-0.25, -0.2) is 0 Å². The summed E-state index contributed by atoms with van der Waals surface area (Å²) in [6.07, 6.45) is 1.41. The fourth-order valence-electron chi connectivity index (χ4n) is 0.857. The molecule has 0 unspecified atom stereocenters. The Morgan fingerprint density at radius 2 is 1.25 bits per heavy atom. The fourth-order valence-corrected chi connectivity index (χ4v) is 0.857. The summed E-state index contributed by atoms with van der Waals surface area (Å²) in [4.78, 5) is 2.47. The van der Waals surface area contributed by atoms with Gasteiger partial charge >= 0.3 is 0 Å². The van der Waals surface area contributed by atoms with E-state index in [4.69, 9.17) is 0 Å². The van der Waals surface area contributed by atoms with Crippen molar-refractivity contribution in [3.63, 3.8) is 0 Å². The average Bonchev–Trinajstić information content (AvgIpc) is 1.65. The Kier molecular flexibility index (Phi) is 25.6. The molecule has 1 nitrogen and oxygen atoms in total. The van der Waals surface area contributed by atoms with Crippen LogP contribution in [0.5, 0.6) is 0 Å². The van der Waals surface area contributed by atoms with Gasteiger partial charge in [-0.2, -0.15) is 0 Å². The molecule has 0 aromatic carbocycles. The van der Waals surface area contributed by atoms with Crippen LogP contribution in [0, 0.1) is 0 Å². The Morgan fingerprint density at radius 1 is 0.917 bits per heavy atom. The number of hydrogen-bond acceptors (Lipinski definition) is 1. The van der Waals surface area contributed by atoms with Gasteiger partial charge in [0.15, 0.2) is 0 Å². The molecule has 1 rings (SSSR count). The first-order chi connectivity index (χ1) is 4.30. The van der Waals surface area contributed by atoms with Crippen LogP contribution in [0.15, 0.2) is 0 Å². The van der Waals surface area contributed by atoms with Gasteiger partial charge in [-0.15, -0.1) is 0 Å². The highest BCUT2D eigenvalue weighted by Gasteiger charge is 2.15. The van der Waals surface area contributed by atoms with E-state index >= 15 is 0 Å². The van der Waals surface area contributed by atoms with Crippen molar-refractivity contribution in [3.05, 3.63) is 0 Å². The molecule has 0 N–H and O–H groups in total. The molecule has 80 valence electrons. The summed E-state index contributed by atoms with van der Waals surface area (Å²) in [5, 5.41) is 0. The molecule has 0 bridgehead atoms. The van der Waals surface area contributed by atoms with Crippen molar-refractivity contribution in [1.82, 2.24) is 4.90 Å². The van der Waals surface area contributed by atoms with Crippen LogP contribution in [0.3, 0.4) is 0 Å². The molecule has 1 aliphatic heterocycles. The molecule has 0 aromatic heterocycles. The Balaban J connectivity index is -0.0000000600. The molecule has 0 aliphatic carbocycles. The van der Waals surface area contributed by atoms with E-state index in [-0.39, 0.29) is 22.3 Å². The summed E-state index contributed by atoms with van der Waals surface area (Å²) in [6, 6.07) is 0.786. The average molecular weight is 177 g/mol. The van der Waals surface area contributed by atoms with Crippen LogP contribution in [-0.2, 0) is 0 Å². The highest BCUT2D eigenvalue weighted by atomic mass is 15.2. The van der Waals surface area contributed by atoms with E-state index in [0.717, 1.165) is 6.04 Å². The molecule has 1 heteroatoms. The summed E-state index contributed by atoms with van der Waals surface area (Å²) in [6.45, 7) is 11.2. The minimum absolute atomic E-state index is 0. The molecule has 0 aromatic rings. The number of likely N-dealkylation sites (tertiary alicyclic amines) is 1. The molecule has 0 radical (unpaired) electrons. The minimum atomic E-state index is 0. The van der Waals surface area contributed by atoms with Crippen molar-refractivity contribution < 1.29 is 0 Å². The van der Waals surface area contributed by atoms with E-state index < -0.39 is 0 Å². The third-order valence-electron chi connectivity index (χ3n) is 1.62. The van der Waals surface area contributed by atoms with E-state index in [9.17, 15) is 0 Å². The van der Waals surface area contributed by atoms with Gasteiger partial charge in [-0.3, -0.25) is 0 Å². The standard InChI is InChI=1S/C6H13N.C2H6.3CH4/c1-6(2)7-4-3-5-7;1-2;;;/h6H,3-5H2,1-2H3;1-2H3;3*1H4. The quantitative estimate of drug-likeness (QED) is 0.584. The van der Waals surface area contributed by atoms with Gasteiger partial charge < -0.3 is 4.90 Å². The first kappa shape index (κ1) is 22.7. The van der Waals surface area contributed by atoms with Gasteiger partial charge in [0, 0.05) is 6.04 Å². The van der Waals surface area contributed by atoms with Crippen LogP contribution < -0.4 is 0 Å². The van der Waals surface area contributed by atoms with Crippen molar-refractivity contribution in [1.29, 1.82) is 0 Å². The van der Waals surface area contributed by atoms with E-state index in [1.54, 1.807) is 0 Å². The van der Waals surface area contributed by atoms with Crippen molar-refractivity contribution in [2.75, 3.05) is 13.1 Å². The zero-order chi connectivity index (χ0) is 7.28. The predicted molar refractivity (Wildman–Crippen MR) is 62.9 cm³/mol. The van der Waals surface area contributed by atoms with Crippen LogP contribution >= 0.6 is 0 Å². The maximum absolute atomic E-state index is 2.47. The second kappa shape index (κ2) is 13.5. The Hall–Kier alpha value is -0.0400. The first-order valence-corrected chi connectivity index (χ1v) is 4.05. The molecule has 0 saturated carbocycles. The van der Waals surface area contributed by atoms with Crippen LogP contribution in [0.25, 0.3) is 0 Å². The molecule has 12 heavy (non-hydrogen) atoms. The van der Waals surface area contributed by atoms with Crippen molar-refractivity contribution in [3.8, 4) is 0 Å². The number of hydrogen-bond donors (Lipinski definition) is 0. The SMILES string of the molecule is C.C.C.CC.CC(C)N1CCC1. The lowest BCUT2D eigenvalue weighted by molar-refractivity contribution is 0.138. The molecule has 0 atom stereocenters. The van der Waals surface area contributed by atoms with Crippen LogP contribution in [0.1, 0.15) is 56.4 Å². The lowest BCUT2D eigenvalue weighted by atomic mass is 10.2. The van der Waals surface area contributed by atoms with Gasteiger partial charge in [0.25, 0.3) is 0 Å². The topological polar surface area (TPSA) is 3.24 Å². The lowest BCUT2D eigenvalue weighted by Crippen LogP contribution is -2.41. The fraction of sp³-hybridized carbons (Fsp3) is 1.00. The molecular formula is C11H31N. The molecule has 1 fully saturated rings. The Bertz CT molecular complexity index is 56.0. The largest absolute Gasteiger partial charge is 0.301 e. The molecule has 1 heterocycles. The van der Waals surface area contributed by atoms with Crippen molar-refractivity contribution >= 4 is 0 Å². The third-order valence-corrected chi connectivity index (χ3v) is 1.62. The smallest absolute Gasteiger partial charge is 0.00386 e. The summed E-state index contributed by atoms with van der Waals surface area (Å²) in [5.41, 5.74) is 0. The minimum Gasteiger partial charge on any atom is -0.301 e. The van der Waals surface area contributed by atoms with Crippen LogP contribution in [-0.4, -0.2) is 24.0 Å². The summed E-state index contributed by atoms with van der Waals surface area (Å²) >= 11 is 0. The monoisotopic (exact) mass is 177 g/mol. The normalized spacial score (nSPS) is 13.8. The molecule has 1 saturated heterocycles. The lowest BCUT2D eigenvalue weighted by Gasteiger charge is -2.34. The summed E-state index contributed by atoms with van der Waals surface area (Å²) in [5.74, 6) is 0. The molecule has 0 spiro atoms. The summed E-state index contributed by atoms with van der Waals surface area (Å²) < 4.78 is 0. The third kappa shape index (κ3) is 8.06. The zero-order valence-corrected chi connectivity index (χ0v) is 7.15. The van der Waals surface area contributed by atoms with Crippen molar-refractivity contribution in [2.24, 2.45) is 0 Å². The van der Waals surface area contributed by atoms with E-state index in [2.05, 4.69) is 18.7 Å². The number of rotatable bonds is 1. The molecule has 1 aliphatic rings. The van der Waals surface area contributed by atoms with E-state index in [1.807, 2.05) is 13.8 Å². The van der Waals surface area contributed by atoms with Crippen molar-refractivity contribution in [2.45, 2.75) is 62.4 Å². The van der Waals surface area contributed by atoms with Gasteiger partial charge in [0.2, 0.25) is 0 Å². The maximum atomic E-state index is 2.47. The maximum Gasteiger partial charge on any atom is 0.00386 e. The van der Waals surface area contributed by atoms with Crippen LogP contribution in [0.2, 0.25) is 0 Å². The van der Waals surface area contributed by atoms with E-state index in [1.165, 1.54) is 19.5 Å². The second-order valence-corrected chi connectivity index (χ2v) is 2.48. The predicted octanol–water partition coefficient (Wildman–Crippen LogP) is 4.04. The second-order valence-electron chi connectivity index (χ2n) is 2.48. The highest BCUT2D eigenvalue weighted by Crippen LogP contribution is 2.08. The van der Waals surface area contributed by atoms with Gasteiger partial charge in [0.05, 0.1) is 0 Å². The Labute approximate surface area is 81.2 Å². The molecule has 0 amide bonds. The first-order valence-electron chi connectivity index (χ1n) is 4.05. The summed E-state index contributed by atoms with van der Waals surface area (Å²) in [7, 11) is 0. The van der Waals surface area contributed by atoms with E-state index in [0.29, 0.717) is 0 Å².